The molecule has 4 unspecified atom stereocenters. The number of aromatic nitrogens is 4. The number of ketones is 1. The lowest BCUT2D eigenvalue weighted by molar-refractivity contribution is -0.179. The van der Waals surface area contributed by atoms with Crippen LogP contribution >= 0.6 is 11.3 Å². The van der Waals surface area contributed by atoms with Crippen molar-refractivity contribution in [2.24, 2.45) is 28.6 Å². The third-order valence-electron chi connectivity index (χ3n) is 19.3. The maximum atomic E-state index is 14.1. The van der Waals surface area contributed by atoms with Gasteiger partial charge in [0.1, 0.15) is 19.0 Å². The quantitative estimate of drug-likeness (QED) is 0.0139. The molecule has 2 saturated carbocycles. The molecule has 6 aromatic rings. The molecule has 26 nitrogen and oxygen atoms in total. The first-order valence-corrected chi connectivity index (χ1v) is 36.1. The number of carbonyl (C=O) groups excluding carboxylic acids is 7. The van der Waals surface area contributed by atoms with Crippen molar-refractivity contribution in [3.8, 4) is 11.1 Å². The zero-order valence-electron chi connectivity index (χ0n) is 57.2. The van der Waals surface area contributed by atoms with Crippen LogP contribution < -0.4 is 20.9 Å². The minimum Gasteiger partial charge on any atom is -0.481 e. The van der Waals surface area contributed by atoms with Crippen molar-refractivity contribution >= 4 is 102 Å². The number of benzene rings is 3. The first-order valence-electron chi connectivity index (χ1n) is 33.7. The lowest BCUT2D eigenvalue weighted by atomic mass is 9.51. The largest absolute Gasteiger partial charge is 0.481 e. The molecule has 0 spiro atoms. The molecule has 2 fully saturated rings. The summed E-state index contributed by atoms with van der Waals surface area (Å²) in [7, 11) is -4.55. The number of hydrogen-bond acceptors (Lipinski definition) is 18. The van der Waals surface area contributed by atoms with E-state index in [9.17, 15) is 66.3 Å². The molecular formula is C72H86N10O16S2. The Kier molecular flexibility index (Phi) is 22.6. The van der Waals surface area contributed by atoms with E-state index in [0.29, 0.717) is 109 Å². The highest BCUT2D eigenvalue weighted by molar-refractivity contribution is 7.85. The highest BCUT2D eigenvalue weighted by atomic mass is 32.2. The van der Waals surface area contributed by atoms with Gasteiger partial charge in [-0.05, 0) is 152 Å². The first kappa shape index (κ1) is 73.5. The van der Waals surface area contributed by atoms with Crippen LogP contribution in [0.1, 0.15) is 148 Å². The highest BCUT2D eigenvalue weighted by Gasteiger charge is 2.56. The molecule has 2 aliphatic heterocycles. The summed E-state index contributed by atoms with van der Waals surface area (Å²) in [5.74, 6) is -6.84. The van der Waals surface area contributed by atoms with E-state index >= 15 is 0 Å². The number of aromatic carboxylic acids is 1. The number of nitrogens with zero attached hydrogens (tertiary/aromatic N) is 7. The normalized spacial score (nSPS) is 20.2. The van der Waals surface area contributed by atoms with E-state index < -0.39 is 105 Å². The zero-order chi connectivity index (χ0) is 72.0. The Morgan fingerprint density at radius 1 is 0.860 bits per heavy atom. The summed E-state index contributed by atoms with van der Waals surface area (Å²) >= 11 is 1.39. The van der Waals surface area contributed by atoms with Gasteiger partial charge < -0.3 is 40.1 Å². The lowest BCUT2D eigenvalue weighted by Gasteiger charge is -2.58. The van der Waals surface area contributed by atoms with Crippen molar-refractivity contribution in [3.05, 3.63) is 130 Å². The van der Waals surface area contributed by atoms with Crippen LogP contribution in [0.15, 0.2) is 91.1 Å². The highest BCUT2D eigenvalue weighted by Crippen LogP contribution is 2.60. The second-order valence-electron chi connectivity index (χ2n) is 28.3. The standard InChI is InChI=1S/C72H86N10O16S2/c1-43(2)63(77-59(84)37-81-60(85)23-24-61(81)86)56(83)31-45(4)65(89)74-50-20-19-49(48(32-50)13-8-11-18-62(87)88)38-97-69(93)79(28-30-100(94,95)96)27-29-98-72-34-44(3)33-70(6,40-72)39-71(7,41-72)42-82-46(5)53(35-73-82)51-21-22-58(76-64(51)67(91)92)80-26-25-47-14-12-15-52(54(47)36-80)66(90)78-68-75-55-16-9-10-17-57(55)99-68/h9-10,12,14-17,19-24,32,35,43-45,63H,8,11,13,18,25-31,33-34,36-42H2,1-7H3,(H,74,89)(H,77,84)(H,87,88)(H,91,92)(H,75,78,90)(H,94,95,96)/t44?,45-,63+,70?,71?,72?/m1/s1. The van der Waals surface area contributed by atoms with Crippen molar-refractivity contribution < 1.29 is 75.8 Å². The number of rotatable bonds is 30. The van der Waals surface area contributed by atoms with Crippen LogP contribution in [-0.4, -0.2) is 156 Å². The average Bonchev–Trinajstić information content (AvgIpc) is 0.862. The molecular weight excluding hydrogens is 1320 g/mol. The van der Waals surface area contributed by atoms with Crippen molar-refractivity contribution in [1.29, 1.82) is 0 Å². The van der Waals surface area contributed by atoms with Gasteiger partial charge in [0.05, 0.1) is 40.4 Å². The Bertz CT molecular complexity index is 4270. The summed E-state index contributed by atoms with van der Waals surface area (Å²) in [6, 6.07) is 20.7. The Balaban J connectivity index is 0.786. The van der Waals surface area contributed by atoms with Gasteiger partial charge in [-0.2, -0.15) is 13.5 Å². The maximum Gasteiger partial charge on any atom is 0.410 e. The van der Waals surface area contributed by atoms with Gasteiger partial charge in [0.15, 0.2) is 16.6 Å². The molecule has 6 N–H and O–H groups in total. The number of aliphatic carboxylic acids is 1. The molecule has 532 valence electrons. The molecule has 2 aliphatic carbocycles. The van der Waals surface area contributed by atoms with E-state index in [-0.39, 0.29) is 55.5 Å². The number of carboxylic acid groups (broad SMARTS) is 2. The number of carboxylic acids is 2. The number of thiazole rings is 1. The molecule has 0 radical (unpaired) electrons. The Labute approximate surface area is 584 Å². The summed E-state index contributed by atoms with van der Waals surface area (Å²) in [5.41, 5.74) is 4.93. The summed E-state index contributed by atoms with van der Waals surface area (Å²) < 4.78 is 50.0. The number of para-hydroxylation sites is 1. The molecule has 3 aromatic carbocycles. The summed E-state index contributed by atoms with van der Waals surface area (Å²) in [6.07, 6.45) is 7.90. The Morgan fingerprint density at radius 2 is 1.62 bits per heavy atom. The molecule has 2 bridgehead atoms. The number of imide groups is 1. The van der Waals surface area contributed by atoms with E-state index in [4.69, 9.17) is 19.6 Å². The van der Waals surface area contributed by atoms with Gasteiger partial charge in [-0.1, -0.05) is 83.2 Å². The molecule has 6 amide bonds. The second kappa shape index (κ2) is 30.7. The van der Waals surface area contributed by atoms with Gasteiger partial charge in [-0.15, -0.1) is 0 Å². The molecule has 5 heterocycles. The smallest absolute Gasteiger partial charge is 0.410 e. The predicted molar refractivity (Wildman–Crippen MR) is 373 cm³/mol. The van der Waals surface area contributed by atoms with Crippen molar-refractivity contribution in [2.45, 2.75) is 150 Å². The fraction of sp³-hybridized carbons (Fsp3) is 0.472. The topological polar surface area (TPSA) is 356 Å². The molecule has 100 heavy (non-hydrogen) atoms. The van der Waals surface area contributed by atoms with Crippen molar-refractivity contribution in [3.63, 3.8) is 0 Å². The number of nitrogens with one attached hydrogen (secondary N) is 3. The zero-order valence-corrected chi connectivity index (χ0v) is 58.8. The van der Waals surface area contributed by atoms with Gasteiger partial charge in [-0.3, -0.25) is 53.0 Å². The van der Waals surface area contributed by atoms with Crippen LogP contribution in [0.4, 0.5) is 21.4 Å². The van der Waals surface area contributed by atoms with Crippen LogP contribution in [0.2, 0.25) is 0 Å². The van der Waals surface area contributed by atoms with Crippen molar-refractivity contribution in [2.75, 3.05) is 54.1 Å². The van der Waals surface area contributed by atoms with Gasteiger partial charge in [0.25, 0.3) is 27.8 Å². The number of pyridine rings is 1. The third-order valence-corrected chi connectivity index (χ3v) is 21.0. The minimum atomic E-state index is -4.55. The second-order valence-corrected chi connectivity index (χ2v) is 30.9. The Hall–Kier alpha value is -9.25. The van der Waals surface area contributed by atoms with E-state index in [1.807, 2.05) is 52.9 Å². The fourth-order valence-electron chi connectivity index (χ4n) is 15.3. The number of anilines is 3. The number of unbranched alkanes of at least 4 members (excludes halogenated alkanes) is 1. The van der Waals surface area contributed by atoms with E-state index in [0.717, 1.165) is 56.9 Å². The maximum absolute atomic E-state index is 14.1. The van der Waals surface area contributed by atoms with Gasteiger partial charge in [0, 0.05) is 91.7 Å². The number of carbonyl (C=O) groups is 9. The van der Waals surface area contributed by atoms with E-state index in [2.05, 4.69) is 41.7 Å². The number of hydrogen-bond donors (Lipinski definition) is 6. The summed E-state index contributed by atoms with van der Waals surface area (Å²) in [6.45, 7) is 13.4. The Morgan fingerprint density at radius 3 is 2.34 bits per heavy atom. The van der Waals surface area contributed by atoms with Crippen LogP contribution in [0.5, 0.6) is 0 Å². The van der Waals surface area contributed by atoms with Crippen molar-refractivity contribution in [1.82, 2.24) is 34.9 Å². The SMILES string of the molecule is Cc1c(-c2ccc(N3CCc4cccc(C(=O)Nc5nc6ccccc6s5)c4C3)nc2C(=O)O)cnn1CC1(C)CC2(C)CC(C)CC(OCCN(CCS(=O)(=O)O)C(=O)OCc3ccc(NC(=O)[C@H](C)CC(=O)[C@@H](NC(=O)CN4C(=O)C=CC4=O)C(C)C)cc3CCCCC(=O)O)(C2)C1. The molecule has 28 heteroatoms. The van der Waals surface area contributed by atoms with Gasteiger partial charge in [0.2, 0.25) is 11.8 Å². The molecule has 6 atom stereocenters. The number of Topliss-reactive ketones (excluding diaryl/α,β-unsaturated/α-hetero) is 1. The van der Waals surface area contributed by atoms with Gasteiger partial charge >= 0.3 is 18.0 Å². The monoisotopic (exact) mass is 1410 g/mol. The average molecular weight is 1410 g/mol. The lowest BCUT2D eigenvalue weighted by Crippen LogP contribution is -2.55. The molecule has 0 saturated heterocycles. The first-order chi connectivity index (χ1) is 47.3. The number of fused-ring (bicyclic) bond motifs is 4. The molecule has 3 aromatic heterocycles. The van der Waals surface area contributed by atoms with Gasteiger partial charge in [-0.25, -0.2) is 19.6 Å². The number of ether oxygens (including phenoxy) is 2. The predicted octanol–water partition coefficient (Wildman–Crippen LogP) is 9.68. The van der Waals surface area contributed by atoms with Crippen LogP contribution in [0.3, 0.4) is 0 Å². The molecule has 4 aliphatic rings. The van der Waals surface area contributed by atoms with E-state index in [1.54, 1.807) is 63.4 Å². The number of amides is 6. The van der Waals surface area contributed by atoms with E-state index in [1.165, 1.54) is 16.2 Å². The summed E-state index contributed by atoms with van der Waals surface area (Å²) in [5, 5.41) is 33.9. The minimum absolute atomic E-state index is 0.0160. The third kappa shape index (κ3) is 18.0. The fourth-order valence-corrected chi connectivity index (χ4v) is 16.7. The van der Waals surface area contributed by atoms with Crippen LogP contribution in [0, 0.1) is 35.5 Å². The molecule has 10 rings (SSSR count). The summed E-state index contributed by atoms with van der Waals surface area (Å²) in [4.78, 5) is 130. The van der Waals surface area contributed by atoms with Crippen LogP contribution in [-0.2, 0) is 80.9 Å². The van der Waals surface area contributed by atoms with Crippen LogP contribution in [0.25, 0.3) is 21.3 Å². The number of aryl methyl sites for hydroxylation is 1.